The highest BCUT2D eigenvalue weighted by molar-refractivity contribution is 5.17. The molecule has 0 aliphatic carbocycles. The first-order valence-electron chi connectivity index (χ1n) is 4.47. The molecule has 0 aliphatic heterocycles. The van der Waals surface area contributed by atoms with Crippen LogP contribution in [0.1, 0.15) is 0 Å². The molecular weight excluding hydrogens is 208 g/mol. The van der Waals surface area contributed by atoms with Crippen molar-refractivity contribution in [2.75, 3.05) is 6.61 Å². The average Bonchev–Trinajstić information content (AvgIpc) is 2.66. The molecule has 1 heterocycles. The van der Waals surface area contributed by atoms with Gasteiger partial charge in [-0.3, -0.25) is 0 Å². The van der Waals surface area contributed by atoms with Crippen molar-refractivity contribution in [2.45, 2.75) is 6.54 Å². The van der Waals surface area contributed by atoms with Crippen LogP contribution in [0.25, 0.3) is 9.69 Å². The van der Waals surface area contributed by atoms with Crippen molar-refractivity contribution in [3.63, 3.8) is 0 Å². The van der Waals surface area contributed by atoms with E-state index in [-0.39, 0.29) is 6.61 Å². The maximum atomic E-state index is 11.1. The number of nitrogens with zero attached hydrogens (tertiary/aromatic N) is 4. The van der Waals surface area contributed by atoms with E-state index >= 15 is 0 Å². The standard InChI is InChI=1S/C10H10N4O2/c1-11-9(12-2)10(15)16-7-6-14-5-4-13(3)8-14/h4-5,8H,6-7H2,3H3. The van der Waals surface area contributed by atoms with E-state index in [1.807, 2.05) is 34.9 Å². The third-order valence-electron chi connectivity index (χ3n) is 1.80. The molecule has 0 unspecified atom stereocenters. The van der Waals surface area contributed by atoms with Crippen molar-refractivity contribution in [1.29, 1.82) is 0 Å². The summed E-state index contributed by atoms with van der Waals surface area (Å²) in [6.07, 6.45) is 5.53. The molecule has 82 valence electrons. The van der Waals surface area contributed by atoms with E-state index in [0.29, 0.717) is 6.54 Å². The lowest BCUT2D eigenvalue weighted by atomic mass is 10.6. The highest BCUT2D eigenvalue weighted by Crippen LogP contribution is 2.03. The van der Waals surface area contributed by atoms with Gasteiger partial charge in [0.05, 0.1) is 13.6 Å². The summed E-state index contributed by atoms with van der Waals surface area (Å²) in [5.74, 6) is -1.42. The van der Waals surface area contributed by atoms with Crippen molar-refractivity contribution >= 4 is 0 Å². The lowest BCUT2D eigenvalue weighted by Gasteiger charge is -2.10. The van der Waals surface area contributed by atoms with Crippen molar-refractivity contribution in [1.82, 2.24) is 4.57 Å². The monoisotopic (exact) mass is 218 g/mol. The van der Waals surface area contributed by atoms with Gasteiger partial charge >= 0.3 is 5.82 Å². The van der Waals surface area contributed by atoms with Gasteiger partial charge in [-0.15, -0.1) is 0 Å². The molecule has 0 bridgehead atoms. The van der Waals surface area contributed by atoms with Gasteiger partial charge in [-0.05, 0) is 0 Å². The van der Waals surface area contributed by atoms with Gasteiger partial charge in [-0.25, -0.2) is 9.13 Å². The summed E-state index contributed by atoms with van der Waals surface area (Å²) in [5, 5.41) is 11.1. The van der Waals surface area contributed by atoms with E-state index in [4.69, 9.17) is 17.9 Å². The van der Waals surface area contributed by atoms with Gasteiger partial charge in [0.15, 0.2) is 0 Å². The Bertz CT molecular complexity index is 460. The van der Waals surface area contributed by atoms with Gasteiger partial charge in [0.2, 0.25) is 6.33 Å². The predicted octanol–water partition coefficient (Wildman–Crippen LogP) is -0.345. The van der Waals surface area contributed by atoms with E-state index in [2.05, 4.69) is 9.69 Å². The third kappa shape index (κ3) is 3.03. The van der Waals surface area contributed by atoms with Crippen molar-refractivity contribution in [3.05, 3.63) is 53.3 Å². The largest absolute Gasteiger partial charge is 0.613 e. The minimum atomic E-state index is -0.860. The van der Waals surface area contributed by atoms with Gasteiger partial charge in [0, 0.05) is 6.61 Å². The Morgan fingerprint density at radius 2 is 2.19 bits per heavy atom. The molecule has 0 amide bonds. The molecule has 0 spiro atoms. The lowest BCUT2D eigenvalue weighted by Crippen LogP contribution is -2.24. The molecular formula is C10H10N4O2. The quantitative estimate of drug-likeness (QED) is 0.394. The van der Waals surface area contributed by atoms with E-state index in [9.17, 15) is 5.11 Å². The Kier molecular flexibility index (Phi) is 3.93. The fraction of sp³-hybridized carbons (Fsp3) is 0.300. The second-order valence-electron chi connectivity index (χ2n) is 3.00. The van der Waals surface area contributed by atoms with Crippen LogP contribution < -0.4 is 9.67 Å². The summed E-state index contributed by atoms with van der Waals surface area (Å²) in [4.78, 5) is 5.53. The van der Waals surface area contributed by atoms with E-state index in [0.717, 1.165) is 0 Å². The molecule has 1 aromatic heterocycles. The lowest BCUT2D eigenvalue weighted by molar-refractivity contribution is -0.671. The molecule has 0 fully saturated rings. The highest BCUT2D eigenvalue weighted by atomic mass is 16.6. The van der Waals surface area contributed by atoms with E-state index in [1.165, 1.54) is 0 Å². The second-order valence-corrected chi connectivity index (χ2v) is 3.00. The number of imidazole rings is 1. The first kappa shape index (κ1) is 11.6. The molecule has 0 aliphatic rings. The molecule has 16 heavy (non-hydrogen) atoms. The molecule has 0 saturated heterocycles. The Morgan fingerprint density at radius 1 is 1.50 bits per heavy atom. The zero-order chi connectivity index (χ0) is 12.0. The summed E-state index contributed by atoms with van der Waals surface area (Å²) in [6, 6.07) is 0. The molecule has 0 radical (unpaired) electrons. The summed E-state index contributed by atoms with van der Waals surface area (Å²) in [6.45, 7) is 13.8. The highest BCUT2D eigenvalue weighted by Gasteiger charge is 2.06. The fourth-order valence-electron chi connectivity index (χ4n) is 1.06. The van der Waals surface area contributed by atoms with Crippen molar-refractivity contribution in [2.24, 2.45) is 7.05 Å². The van der Waals surface area contributed by atoms with Gasteiger partial charge in [-0.1, -0.05) is 0 Å². The number of aryl methyl sites for hydroxylation is 1. The van der Waals surface area contributed by atoms with Crippen LogP contribution in [0.15, 0.2) is 30.5 Å². The summed E-state index contributed by atoms with van der Waals surface area (Å²) >= 11 is 0. The SMILES string of the molecule is [C-]#[N+]C([N+]#[C-])=C([O-])OCCn1cc[n+](C)c1. The zero-order valence-corrected chi connectivity index (χ0v) is 8.75. The molecule has 1 rings (SSSR count). The van der Waals surface area contributed by atoms with Gasteiger partial charge in [0.1, 0.15) is 31.5 Å². The van der Waals surface area contributed by atoms with Crippen LogP contribution in [0.4, 0.5) is 0 Å². The first-order chi connectivity index (χ1) is 7.67. The molecule has 0 saturated carbocycles. The number of rotatable bonds is 4. The van der Waals surface area contributed by atoms with Gasteiger partial charge in [0.25, 0.3) is 0 Å². The van der Waals surface area contributed by atoms with Crippen LogP contribution in [-0.4, -0.2) is 11.2 Å². The van der Waals surface area contributed by atoms with Crippen molar-refractivity contribution in [3.8, 4) is 0 Å². The van der Waals surface area contributed by atoms with Gasteiger partial charge < -0.3 is 9.84 Å². The van der Waals surface area contributed by atoms with Crippen LogP contribution in [0.3, 0.4) is 0 Å². The molecule has 0 N–H and O–H groups in total. The number of hydrogen-bond acceptors (Lipinski definition) is 2. The first-order valence-corrected chi connectivity index (χ1v) is 4.47. The molecule has 6 heteroatoms. The molecule has 6 nitrogen and oxygen atoms in total. The molecule has 0 aromatic carbocycles. The smallest absolute Gasteiger partial charge is 0.541 e. The predicted molar refractivity (Wildman–Crippen MR) is 51.8 cm³/mol. The average molecular weight is 218 g/mol. The normalized spacial score (nSPS) is 8.94. The molecule has 1 aromatic rings. The summed E-state index contributed by atoms with van der Waals surface area (Å²) in [7, 11) is 1.88. The van der Waals surface area contributed by atoms with E-state index in [1.54, 1.807) is 0 Å². The van der Waals surface area contributed by atoms with Gasteiger partial charge in [-0.2, -0.15) is 9.69 Å². The number of aromatic nitrogens is 2. The number of hydrogen-bond donors (Lipinski definition) is 0. The minimum absolute atomic E-state index is 0.141. The van der Waals surface area contributed by atoms with Crippen LogP contribution in [0.2, 0.25) is 0 Å². The Hall–Kier alpha value is -2.47. The minimum Gasteiger partial charge on any atom is -0.613 e. The summed E-state index contributed by atoms with van der Waals surface area (Å²) in [5.41, 5.74) is 0. The Morgan fingerprint density at radius 3 is 2.69 bits per heavy atom. The maximum absolute atomic E-state index is 11.1. The van der Waals surface area contributed by atoms with Crippen LogP contribution in [-0.2, 0) is 18.3 Å². The van der Waals surface area contributed by atoms with E-state index < -0.39 is 11.8 Å². The Balaban J connectivity index is 2.46. The van der Waals surface area contributed by atoms with Crippen LogP contribution >= 0.6 is 0 Å². The Labute approximate surface area is 93.3 Å². The van der Waals surface area contributed by atoms with Crippen molar-refractivity contribution < 1.29 is 14.4 Å². The second kappa shape index (κ2) is 5.42. The fourth-order valence-corrected chi connectivity index (χ4v) is 1.06. The zero-order valence-electron chi connectivity index (χ0n) is 8.75. The maximum Gasteiger partial charge on any atom is 0.541 e. The van der Waals surface area contributed by atoms with Crippen LogP contribution in [0.5, 0.6) is 0 Å². The molecule has 0 atom stereocenters. The van der Waals surface area contributed by atoms with Crippen LogP contribution in [0, 0.1) is 13.1 Å². The topological polar surface area (TPSA) is 49.8 Å². The number of ether oxygens (including phenoxy) is 1. The third-order valence-corrected chi connectivity index (χ3v) is 1.80. The summed E-state index contributed by atoms with van der Waals surface area (Å²) < 4.78 is 8.46.